The van der Waals surface area contributed by atoms with Crippen molar-refractivity contribution in [2.45, 2.75) is 38.8 Å². The maximum atomic E-state index is 9.62. The van der Waals surface area contributed by atoms with Crippen LogP contribution < -0.4 is 5.32 Å². The molecule has 1 aromatic rings. The number of rotatable bonds is 5. The Hall–Kier alpha value is -0.0600. The van der Waals surface area contributed by atoms with Gasteiger partial charge in [0, 0.05) is 12.6 Å². The van der Waals surface area contributed by atoms with Crippen molar-refractivity contribution in [3.8, 4) is 5.75 Å². The SMILES string of the molecule is CC(CC1CC1)NCc1cc(Br)c(O)c(Br)c1. The van der Waals surface area contributed by atoms with Gasteiger partial charge in [0.2, 0.25) is 0 Å². The lowest BCUT2D eigenvalue weighted by Crippen LogP contribution is -2.25. The summed E-state index contributed by atoms with van der Waals surface area (Å²) in [4.78, 5) is 0. The molecule has 1 atom stereocenters. The molecule has 0 amide bonds. The zero-order valence-corrected chi connectivity index (χ0v) is 13.0. The molecule has 0 heterocycles. The average Bonchev–Trinajstić information content (AvgIpc) is 3.06. The Morgan fingerprint density at radius 2 is 1.94 bits per heavy atom. The first-order valence-corrected chi connectivity index (χ1v) is 7.55. The summed E-state index contributed by atoms with van der Waals surface area (Å²) in [6, 6.07) is 4.47. The molecule has 2 N–H and O–H groups in total. The number of nitrogens with one attached hydrogen (secondary N) is 1. The van der Waals surface area contributed by atoms with E-state index >= 15 is 0 Å². The molecule has 1 fully saturated rings. The Morgan fingerprint density at radius 1 is 1.35 bits per heavy atom. The minimum Gasteiger partial charge on any atom is -0.506 e. The van der Waals surface area contributed by atoms with Gasteiger partial charge in [0.05, 0.1) is 8.95 Å². The molecule has 0 aromatic heterocycles. The van der Waals surface area contributed by atoms with Crippen LogP contribution in [0.3, 0.4) is 0 Å². The van der Waals surface area contributed by atoms with Crippen molar-refractivity contribution in [1.82, 2.24) is 5.32 Å². The van der Waals surface area contributed by atoms with E-state index in [0.717, 1.165) is 21.4 Å². The second-order valence-corrected chi connectivity index (χ2v) is 6.58. The standard InChI is InChI=1S/C13H17Br2NO/c1-8(4-9-2-3-9)16-7-10-5-11(14)13(17)12(15)6-10/h5-6,8-9,16-17H,2-4,7H2,1H3. The molecule has 0 spiro atoms. The maximum Gasteiger partial charge on any atom is 0.143 e. The van der Waals surface area contributed by atoms with Crippen LogP contribution in [0.2, 0.25) is 0 Å². The van der Waals surface area contributed by atoms with E-state index in [1.807, 2.05) is 12.1 Å². The molecule has 0 aliphatic heterocycles. The van der Waals surface area contributed by atoms with E-state index in [4.69, 9.17) is 0 Å². The Bertz CT molecular complexity index is 381. The summed E-state index contributed by atoms with van der Waals surface area (Å²) in [5.41, 5.74) is 1.17. The highest BCUT2D eigenvalue weighted by Gasteiger charge is 2.23. The molecular weight excluding hydrogens is 346 g/mol. The van der Waals surface area contributed by atoms with Crippen molar-refractivity contribution in [1.29, 1.82) is 0 Å². The van der Waals surface area contributed by atoms with Gasteiger partial charge in [-0.3, -0.25) is 0 Å². The highest BCUT2D eigenvalue weighted by molar-refractivity contribution is 9.11. The van der Waals surface area contributed by atoms with E-state index in [2.05, 4.69) is 44.1 Å². The summed E-state index contributed by atoms with van der Waals surface area (Å²) in [5.74, 6) is 1.22. The highest BCUT2D eigenvalue weighted by atomic mass is 79.9. The molecule has 0 radical (unpaired) electrons. The van der Waals surface area contributed by atoms with E-state index in [9.17, 15) is 5.11 Å². The number of hydrogen-bond donors (Lipinski definition) is 2. The van der Waals surface area contributed by atoms with Gasteiger partial charge in [-0.2, -0.15) is 0 Å². The van der Waals surface area contributed by atoms with E-state index < -0.39 is 0 Å². The smallest absolute Gasteiger partial charge is 0.143 e. The molecule has 1 saturated carbocycles. The first-order valence-electron chi connectivity index (χ1n) is 5.96. The number of halogens is 2. The third-order valence-corrected chi connectivity index (χ3v) is 4.32. The van der Waals surface area contributed by atoms with Crippen LogP contribution in [0, 0.1) is 5.92 Å². The zero-order valence-electron chi connectivity index (χ0n) is 9.84. The highest BCUT2D eigenvalue weighted by Crippen LogP contribution is 2.34. The molecule has 1 unspecified atom stereocenters. The molecule has 4 heteroatoms. The molecule has 1 aromatic carbocycles. The predicted molar refractivity (Wildman–Crippen MR) is 77.1 cm³/mol. The molecule has 0 bridgehead atoms. The fourth-order valence-electron chi connectivity index (χ4n) is 1.95. The van der Waals surface area contributed by atoms with Crippen molar-refractivity contribution >= 4 is 31.9 Å². The number of benzene rings is 1. The average molecular weight is 363 g/mol. The summed E-state index contributed by atoms with van der Waals surface area (Å²) in [5, 5.41) is 13.1. The van der Waals surface area contributed by atoms with Gasteiger partial charge in [0.1, 0.15) is 5.75 Å². The predicted octanol–water partition coefficient (Wildman–Crippen LogP) is 4.20. The minimum absolute atomic E-state index is 0.264. The van der Waals surface area contributed by atoms with Crippen molar-refractivity contribution in [2.24, 2.45) is 5.92 Å². The summed E-state index contributed by atoms with van der Waals surface area (Å²) in [6.45, 7) is 3.08. The Morgan fingerprint density at radius 3 is 2.47 bits per heavy atom. The lowest BCUT2D eigenvalue weighted by atomic mass is 10.1. The van der Waals surface area contributed by atoms with E-state index in [-0.39, 0.29) is 5.75 Å². The molecule has 94 valence electrons. The molecule has 2 nitrogen and oxygen atoms in total. The summed E-state index contributed by atoms with van der Waals surface area (Å²) in [6.07, 6.45) is 4.09. The van der Waals surface area contributed by atoms with Crippen molar-refractivity contribution in [3.63, 3.8) is 0 Å². The van der Waals surface area contributed by atoms with Crippen molar-refractivity contribution in [3.05, 3.63) is 26.6 Å². The van der Waals surface area contributed by atoms with Crippen molar-refractivity contribution in [2.75, 3.05) is 0 Å². The first-order chi connectivity index (χ1) is 8.06. The third kappa shape index (κ3) is 3.97. The maximum absolute atomic E-state index is 9.62. The third-order valence-electron chi connectivity index (χ3n) is 3.12. The van der Waals surface area contributed by atoms with Gasteiger partial charge < -0.3 is 10.4 Å². The van der Waals surface area contributed by atoms with Crippen LogP contribution in [-0.2, 0) is 6.54 Å². The number of aromatic hydroxyl groups is 1. The Balaban J connectivity index is 1.89. The summed E-state index contributed by atoms with van der Waals surface area (Å²) < 4.78 is 1.47. The van der Waals surface area contributed by atoms with Crippen LogP contribution in [0.1, 0.15) is 31.7 Å². The van der Waals surface area contributed by atoms with Crippen LogP contribution in [0.25, 0.3) is 0 Å². The lowest BCUT2D eigenvalue weighted by Gasteiger charge is -2.14. The van der Waals surface area contributed by atoms with Gasteiger partial charge in [-0.05, 0) is 68.8 Å². The molecule has 1 aliphatic carbocycles. The van der Waals surface area contributed by atoms with E-state index in [1.165, 1.54) is 24.8 Å². The van der Waals surface area contributed by atoms with Gasteiger partial charge >= 0.3 is 0 Å². The second kappa shape index (κ2) is 5.72. The zero-order chi connectivity index (χ0) is 12.4. The van der Waals surface area contributed by atoms with Crippen LogP contribution in [0.5, 0.6) is 5.75 Å². The van der Waals surface area contributed by atoms with Gasteiger partial charge in [0.25, 0.3) is 0 Å². The van der Waals surface area contributed by atoms with Crippen LogP contribution in [0.4, 0.5) is 0 Å². The quantitative estimate of drug-likeness (QED) is 0.822. The number of phenolic OH excluding ortho intramolecular Hbond substituents is 1. The largest absolute Gasteiger partial charge is 0.506 e. The number of phenols is 1. The molecule has 2 rings (SSSR count). The molecule has 1 aliphatic rings. The van der Waals surface area contributed by atoms with Gasteiger partial charge in [-0.1, -0.05) is 12.8 Å². The Kier molecular flexibility index (Phi) is 4.50. The lowest BCUT2D eigenvalue weighted by molar-refractivity contribution is 0.466. The molecular formula is C13H17Br2NO. The van der Waals surface area contributed by atoms with Crippen LogP contribution in [0.15, 0.2) is 21.1 Å². The van der Waals surface area contributed by atoms with Crippen molar-refractivity contribution < 1.29 is 5.11 Å². The van der Waals surface area contributed by atoms with Crippen LogP contribution in [-0.4, -0.2) is 11.1 Å². The van der Waals surface area contributed by atoms with Gasteiger partial charge in [-0.15, -0.1) is 0 Å². The van der Waals surface area contributed by atoms with E-state index in [1.54, 1.807) is 0 Å². The summed E-state index contributed by atoms with van der Waals surface area (Å²) >= 11 is 6.69. The Labute approximate surface area is 119 Å². The van der Waals surface area contributed by atoms with Crippen LogP contribution >= 0.6 is 31.9 Å². The molecule has 0 saturated heterocycles. The fourth-order valence-corrected chi connectivity index (χ4v) is 3.23. The fraction of sp³-hybridized carbons (Fsp3) is 0.538. The minimum atomic E-state index is 0.264. The number of hydrogen-bond acceptors (Lipinski definition) is 2. The first kappa shape index (κ1) is 13.4. The monoisotopic (exact) mass is 361 g/mol. The van der Waals surface area contributed by atoms with Gasteiger partial charge in [0.15, 0.2) is 0 Å². The topological polar surface area (TPSA) is 32.3 Å². The second-order valence-electron chi connectivity index (χ2n) is 4.87. The normalized spacial score (nSPS) is 17.1. The molecule has 17 heavy (non-hydrogen) atoms. The van der Waals surface area contributed by atoms with Gasteiger partial charge in [-0.25, -0.2) is 0 Å². The summed E-state index contributed by atoms with van der Waals surface area (Å²) in [7, 11) is 0. The van der Waals surface area contributed by atoms with E-state index in [0.29, 0.717) is 6.04 Å².